The lowest BCUT2D eigenvalue weighted by molar-refractivity contribution is -0.173. The van der Waals surface area contributed by atoms with Crippen LogP contribution in [0.25, 0.3) is 0 Å². The zero-order chi connectivity index (χ0) is 22.2. The van der Waals surface area contributed by atoms with E-state index in [9.17, 15) is 9.59 Å². The van der Waals surface area contributed by atoms with Gasteiger partial charge in [-0.1, -0.05) is 58.1 Å². The summed E-state index contributed by atoms with van der Waals surface area (Å²) in [7, 11) is 0. The van der Waals surface area contributed by atoms with E-state index in [1.54, 1.807) is 13.8 Å². The molecule has 0 amide bonds. The summed E-state index contributed by atoms with van der Waals surface area (Å²) in [5.74, 6) is -0.105. The molecule has 170 valence electrons. The van der Waals surface area contributed by atoms with Crippen LogP contribution in [0.15, 0.2) is 24.3 Å². The molecule has 0 saturated carbocycles. The first-order valence-corrected chi connectivity index (χ1v) is 11.6. The average Bonchev–Trinajstić information content (AvgIpc) is 2.74. The third-order valence-corrected chi connectivity index (χ3v) is 5.29. The molecule has 0 atom stereocenters. The normalized spacial score (nSPS) is 11.2. The number of unbranched alkanes of at least 4 members (excludes halogenated alkanes) is 4. The third kappa shape index (κ3) is 8.37. The first kappa shape index (κ1) is 26.0. The Balaban J connectivity index is 2.71. The van der Waals surface area contributed by atoms with E-state index in [1.807, 2.05) is 31.2 Å². The van der Waals surface area contributed by atoms with Crippen molar-refractivity contribution in [2.24, 2.45) is 5.41 Å². The molecular formula is C25H40O5. The van der Waals surface area contributed by atoms with E-state index in [0.717, 1.165) is 24.3 Å². The van der Waals surface area contributed by atoms with Crippen LogP contribution >= 0.6 is 0 Å². The van der Waals surface area contributed by atoms with Gasteiger partial charge in [0.05, 0.1) is 19.8 Å². The maximum absolute atomic E-state index is 12.7. The number of carbonyl (C=O) groups excluding carboxylic acids is 2. The number of aryl methyl sites for hydroxylation is 1. The lowest BCUT2D eigenvalue weighted by Gasteiger charge is -2.29. The molecule has 0 aliphatic rings. The maximum Gasteiger partial charge on any atom is 0.323 e. The van der Waals surface area contributed by atoms with Gasteiger partial charge in [0.15, 0.2) is 5.41 Å². The Kier molecular flexibility index (Phi) is 12.9. The third-order valence-electron chi connectivity index (χ3n) is 5.29. The fourth-order valence-electron chi connectivity index (χ4n) is 3.59. The second-order valence-electron chi connectivity index (χ2n) is 7.68. The Morgan fingerprint density at radius 1 is 0.767 bits per heavy atom. The Hall–Kier alpha value is -2.04. The second-order valence-corrected chi connectivity index (χ2v) is 7.68. The van der Waals surface area contributed by atoms with Crippen molar-refractivity contribution in [2.75, 3.05) is 19.8 Å². The molecule has 5 heteroatoms. The van der Waals surface area contributed by atoms with Gasteiger partial charge in [-0.3, -0.25) is 9.59 Å². The van der Waals surface area contributed by atoms with Gasteiger partial charge in [-0.2, -0.15) is 0 Å². The molecule has 0 bridgehead atoms. The standard InChI is InChI=1S/C25H40O5/c1-5-9-10-11-12-20-30-22-15-13-21(14-16-22)17-19-25(18-6-2,23(26)28-7-3)24(27)29-8-4/h13-16H,5-12,17-20H2,1-4H3. The highest BCUT2D eigenvalue weighted by Crippen LogP contribution is 2.34. The Bertz CT molecular complexity index is 590. The van der Waals surface area contributed by atoms with E-state index >= 15 is 0 Å². The maximum atomic E-state index is 12.7. The zero-order valence-electron chi connectivity index (χ0n) is 19.3. The smallest absolute Gasteiger partial charge is 0.323 e. The Morgan fingerprint density at radius 2 is 1.37 bits per heavy atom. The molecule has 1 aromatic carbocycles. The minimum Gasteiger partial charge on any atom is -0.494 e. The van der Waals surface area contributed by atoms with E-state index in [2.05, 4.69) is 6.92 Å². The van der Waals surface area contributed by atoms with Crippen molar-refractivity contribution in [1.82, 2.24) is 0 Å². The monoisotopic (exact) mass is 420 g/mol. The average molecular weight is 421 g/mol. The van der Waals surface area contributed by atoms with Crippen LogP contribution in [-0.2, 0) is 25.5 Å². The van der Waals surface area contributed by atoms with Crippen LogP contribution in [0.1, 0.15) is 84.6 Å². The molecule has 0 heterocycles. The topological polar surface area (TPSA) is 61.8 Å². The van der Waals surface area contributed by atoms with Gasteiger partial charge in [0.25, 0.3) is 0 Å². The SMILES string of the molecule is CCCCCCCOc1ccc(CCC(CCC)(C(=O)OCC)C(=O)OCC)cc1. The predicted octanol–water partition coefficient (Wildman–Crippen LogP) is 5.88. The van der Waals surface area contributed by atoms with Gasteiger partial charge in [-0.05, 0) is 57.2 Å². The molecule has 1 aromatic rings. The van der Waals surface area contributed by atoms with E-state index in [4.69, 9.17) is 14.2 Å². The Morgan fingerprint density at radius 3 is 1.90 bits per heavy atom. The number of hydrogen-bond donors (Lipinski definition) is 0. The molecule has 0 N–H and O–H groups in total. The first-order chi connectivity index (χ1) is 14.5. The quantitative estimate of drug-likeness (QED) is 0.190. The first-order valence-electron chi connectivity index (χ1n) is 11.6. The molecule has 5 nitrogen and oxygen atoms in total. The number of benzene rings is 1. The van der Waals surface area contributed by atoms with Crippen molar-refractivity contribution < 1.29 is 23.8 Å². The molecule has 0 spiro atoms. The highest BCUT2D eigenvalue weighted by atomic mass is 16.6. The van der Waals surface area contributed by atoms with Crippen molar-refractivity contribution >= 4 is 11.9 Å². The van der Waals surface area contributed by atoms with Gasteiger partial charge < -0.3 is 14.2 Å². The molecule has 0 unspecified atom stereocenters. The minimum absolute atomic E-state index is 0.244. The lowest BCUT2D eigenvalue weighted by atomic mass is 9.78. The second kappa shape index (κ2) is 14.9. The number of esters is 2. The fourth-order valence-corrected chi connectivity index (χ4v) is 3.59. The summed E-state index contributed by atoms with van der Waals surface area (Å²) in [4.78, 5) is 25.4. The van der Waals surface area contributed by atoms with E-state index in [0.29, 0.717) is 25.7 Å². The molecule has 0 fully saturated rings. The summed E-state index contributed by atoms with van der Waals surface area (Å²) in [6.07, 6.45) is 8.14. The van der Waals surface area contributed by atoms with Gasteiger partial charge >= 0.3 is 11.9 Å². The van der Waals surface area contributed by atoms with Gasteiger partial charge in [0.1, 0.15) is 5.75 Å². The van der Waals surface area contributed by atoms with Gasteiger partial charge in [0, 0.05) is 0 Å². The lowest BCUT2D eigenvalue weighted by Crippen LogP contribution is -2.42. The molecule has 1 rings (SSSR count). The number of ether oxygens (including phenoxy) is 3. The van der Waals surface area contributed by atoms with Crippen LogP contribution in [0.5, 0.6) is 5.75 Å². The summed E-state index contributed by atoms with van der Waals surface area (Å²) in [5.41, 5.74) is -0.187. The summed E-state index contributed by atoms with van der Waals surface area (Å²) in [5, 5.41) is 0. The van der Waals surface area contributed by atoms with Gasteiger partial charge in [-0.15, -0.1) is 0 Å². The number of carbonyl (C=O) groups is 2. The van der Waals surface area contributed by atoms with Crippen molar-refractivity contribution in [3.8, 4) is 5.75 Å². The van der Waals surface area contributed by atoms with Gasteiger partial charge in [-0.25, -0.2) is 0 Å². The van der Waals surface area contributed by atoms with Crippen LogP contribution < -0.4 is 4.74 Å². The molecule has 0 aliphatic carbocycles. The van der Waals surface area contributed by atoms with Crippen LogP contribution in [0.2, 0.25) is 0 Å². The number of hydrogen-bond acceptors (Lipinski definition) is 5. The Labute approximate surface area is 182 Å². The van der Waals surface area contributed by atoms with Crippen LogP contribution in [0.4, 0.5) is 0 Å². The molecule has 0 aromatic heterocycles. The van der Waals surface area contributed by atoms with Crippen molar-refractivity contribution in [3.63, 3.8) is 0 Å². The van der Waals surface area contributed by atoms with E-state index in [1.165, 1.54) is 25.7 Å². The molecule has 0 saturated heterocycles. The van der Waals surface area contributed by atoms with E-state index < -0.39 is 17.4 Å². The van der Waals surface area contributed by atoms with Crippen molar-refractivity contribution in [1.29, 1.82) is 0 Å². The summed E-state index contributed by atoms with van der Waals surface area (Å²) < 4.78 is 16.3. The van der Waals surface area contributed by atoms with Gasteiger partial charge in [0.2, 0.25) is 0 Å². The largest absolute Gasteiger partial charge is 0.494 e. The molecule has 0 radical (unpaired) electrons. The number of rotatable bonds is 16. The molecule has 30 heavy (non-hydrogen) atoms. The predicted molar refractivity (Wildman–Crippen MR) is 120 cm³/mol. The van der Waals surface area contributed by atoms with Crippen LogP contribution in [0, 0.1) is 5.41 Å². The van der Waals surface area contributed by atoms with Crippen molar-refractivity contribution in [3.05, 3.63) is 29.8 Å². The highest BCUT2D eigenvalue weighted by Gasteiger charge is 2.47. The summed E-state index contributed by atoms with van der Waals surface area (Å²) in [6.45, 7) is 8.90. The molecule has 0 aliphatic heterocycles. The summed E-state index contributed by atoms with van der Waals surface area (Å²) >= 11 is 0. The van der Waals surface area contributed by atoms with E-state index in [-0.39, 0.29) is 13.2 Å². The van der Waals surface area contributed by atoms with Crippen LogP contribution in [0.3, 0.4) is 0 Å². The summed E-state index contributed by atoms with van der Waals surface area (Å²) in [6, 6.07) is 7.91. The van der Waals surface area contributed by atoms with Crippen molar-refractivity contribution in [2.45, 2.75) is 85.5 Å². The highest BCUT2D eigenvalue weighted by molar-refractivity contribution is 6.00. The minimum atomic E-state index is -1.24. The molecular weight excluding hydrogens is 380 g/mol. The fraction of sp³-hybridized carbons (Fsp3) is 0.680. The zero-order valence-corrected chi connectivity index (χ0v) is 19.3. The van der Waals surface area contributed by atoms with Crippen LogP contribution in [-0.4, -0.2) is 31.8 Å².